The third-order valence-electron chi connectivity index (χ3n) is 3.24. The van der Waals surface area contributed by atoms with E-state index in [1.165, 1.54) is 17.2 Å². The molecule has 5 heteroatoms. The van der Waals surface area contributed by atoms with Crippen LogP contribution in [0.5, 0.6) is 0 Å². The van der Waals surface area contributed by atoms with Gasteiger partial charge < -0.3 is 5.32 Å². The zero-order valence-corrected chi connectivity index (χ0v) is 12.4. The zero-order valence-electron chi connectivity index (χ0n) is 10.7. The van der Waals surface area contributed by atoms with E-state index >= 15 is 0 Å². The summed E-state index contributed by atoms with van der Waals surface area (Å²) in [6.45, 7) is 5.44. The SMILES string of the molecule is CCn1nccc1C(NC)C1SCCSC1C. The fraction of sp³-hybridized carbons (Fsp3) is 0.750. The van der Waals surface area contributed by atoms with Crippen LogP contribution in [-0.4, -0.2) is 38.8 Å². The number of rotatable bonds is 4. The van der Waals surface area contributed by atoms with Crippen molar-refractivity contribution in [2.24, 2.45) is 0 Å². The second kappa shape index (κ2) is 6.16. The Morgan fingerprint density at radius 3 is 2.94 bits per heavy atom. The van der Waals surface area contributed by atoms with E-state index < -0.39 is 0 Å². The van der Waals surface area contributed by atoms with Crippen molar-refractivity contribution in [2.45, 2.75) is 36.9 Å². The predicted molar refractivity (Wildman–Crippen MR) is 77.9 cm³/mol. The first-order valence-electron chi connectivity index (χ1n) is 6.20. The van der Waals surface area contributed by atoms with E-state index in [2.05, 4.69) is 65.6 Å². The first kappa shape index (κ1) is 13.3. The number of hydrogen-bond donors (Lipinski definition) is 1. The van der Waals surface area contributed by atoms with Gasteiger partial charge in [0.05, 0.1) is 11.7 Å². The summed E-state index contributed by atoms with van der Waals surface area (Å²) < 4.78 is 2.10. The monoisotopic (exact) mass is 271 g/mol. The van der Waals surface area contributed by atoms with Crippen LogP contribution in [0.3, 0.4) is 0 Å². The predicted octanol–water partition coefficient (Wildman–Crippen LogP) is 2.40. The molecule has 1 N–H and O–H groups in total. The molecule has 0 bridgehead atoms. The normalized spacial score (nSPS) is 27.0. The Labute approximate surface area is 112 Å². The maximum absolute atomic E-state index is 4.38. The lowest BCUT2D eigenvalue weighted by Crippen LogP contribution is -2.37. The molecule has 1 saturated heterocycles. The average Bonchev–Trinajstić information content (AvgIpc) is 2.81. The summed E-state index contributed by atoms with van der Waals surface area (Å²) in [5.74, 6) is 2.55. The van der Waals surface area contributed by atoms with Gasteiger partial charge >= 0.3 is 0 Å². The molecule has 2 rings (SSSR count). The van der Waals surface area contributed by atoms with Crippen LogP contribution >= 0.6 is 23.5 Å². The maximum atomic E-state index is 4.38. The quantitative estimate of drug-likeness (QED) is 0.911. The van der Waals surface area contributed by atoms with Crippen LogP contribution < -0.4 is 5.32 Å². The summed E-state index contributed by atoms with van der Waals surface area (Å²) in [7, 11) is 2.06. The molecule has 0 radical (unpaired) electrons. The van der Waals surface area contributed by atoms with E-state index in [-0.39, 0.29) is 0 Å². The molecule has 0 spiro atoms. The first-order chi connectivity index (χ1) is 8.27. The lowest BCUT2D eigenvalue weighted by atomic mass is 10.1. The highest BCUT2D eigenvalue weighted by atomic mass is 32.2. The van der Waals surface area contributed by atoms with Crippen LogP contribution in [0.1, 0.15) is 25.6 Å². The zero-order chi connectivity index (χ0) is 12.3. The molecule has 1 aromatic heterocycles. The molecular weight excluding hydrogens is 250 g/mol. The molecule has 0 aromatic carbocycles. The topological polar surface area (TPSA) is 29.9 Å². The van der Waals surface area contributed by atoms with Gasteiger partial charge in [0, 0.05) is 34.7 Å². The van der Waals surface area contributed by atoms with Gasteiger partial charge in [0.25, 0.3) is 0 Å². The molecule has 96 valence electrons. The van der Waals surface area contributed by atoms with Crippen molar-refractivity contribution in [1.82, 2.24) is 15.1 Å². The Morgan fingerprint density at radius 2 is 2.29 bits per heavy atom. The van der Waals surface area contributed by atoms with Gasteiger partial charge in [-0.05, 0) is 20.0 Å². The molecule has 0 amide bonds. The molecule has 1 aliphatic heterocycles. The van der Waals surface area contributed by atoms with Gasteiger partial charge in [-0.25, -0.2) is 0 Å². The van der Waals surface area contributed by atoms with Gasteiger partial charge in [-0.1, -0.05) is 6.92 Å². The summed E-state index contributed by atoms with van der Waals surface area (Å²) in [6.07, 6.45) is 1.91. The summed E-state index contributed by atoms with van der Waals surface area (Å²) in [5, 5.41) is 9.21. The highest BCUT2D eigenvalue weighted by Crippen LogP contribution is 2.38. The fourth-order valence-corrected chi connectivity index (χ4v) is 5.34. The summed E-state index contributed by atoms with van der Waals surface area (Å²) in [5.41, 5.74) is 1.32. The van der Waals surface area contributed by atoms with Crippen molar-refractivity contribution in [2.75, 3.05) is 18.6 Å². The number of hydrogen-bond acceptors (Lipinski definition) is 4. The van der Waals surface area contributed by atoms with Crippen molar-refractivity contribution >= 4 is 23.5 Å². The number of aryl methyl sites for hydroxylation is 1. The standard InChI is InChI=1S/C12H21N3S2/c1-4-15-10(5-6-14-15)11(13-3)12-9(2)16-7-8-17-12/h5-6,9,11-13H,4,7-8H2,1-3H3. The molecule has 2 heterocycles. The van der Waals surface area contributed by atoms with E-state index in [0.29, 0.717) is 16.5 Å². The van der Waals surface area contributed by atoms with Gasteiger partial charge in [0.1, 0.15) is 0 Å². The summed E-state index contributed by atoms with van der Waals surface area (Å²) in [6, 6.07) is 2.56. The minimum atomic E-state index is 0.408. The smallest absolute Gasteiger partial charge is 0.0620 e. The van der Waals surface area contributed by atoms with Gasteiger partial charge in [-0.3, -0.25) is 4.68 Å². The Hall–Kier alpha value is -0.130. The molecule has 3 nitrogen and oxygen atoms in total. The summed E-state index contributed by atoms with van der Waals surface area (Å²) in [4.78, 5) is 0. The van der Waals surface area contributed by atoms with Crippen LogP contribution in [0.4, 0.5) is 0 Å². The molecule has 0 aliphatic carbocycles. The van der Waals surface area contributed by atoms with Crippen molar-refractivity contribution in [3.63, 3.8) is 0 Å². The number of nitrogens with one attached hydrogen (secondary N) is 1. The molecule has 0 saturated carbocycles. The minimum absolute atomic E-state index is 0.408. The molecule has 17 heavy (non-hydrogen) atoms. The number of thioether (sulfide) groups is 2. The highest BCUT2D eigenvalue weighted by Gasteiger charge is 2.32. The molecule has 3 unspecified atom stereocenters. The lowest BCUT2D eigenvalue weighted by molar-refractivity contribution is 0.497. The van der Waals surface area contributed by atoms with Crippen LogP contribution in [-0.2, 0) is 6.54 Å². The second-order valence-corrected chi connectivity index (χ2v) is 7.02. The van der Waals surface area contributed by atoms with Crippen molar-refractivity contribution in [3.8, 4) is 0 Å². The van der Waals surface area contributed by atoms with E-state index in [0.717, 1.165) is 6.54 Å². The van der Waals surface area contributed by atoms with Crippen molar-refractivity contribution < 1.29 is 0 Å². The van der Waals surface area contributed by atoms with Crippen LogP contribution in [0.25, 0.3) is 0 Å². The number of aromatic nitrogens is 2. The third kappa shape index (κ3) is 2.83. The Balaban J connectivity index is 2.20. The molecule has 1 aromatic rings. The van der Waals surface area contributed by atoms with E-state index in [4.69, 9.17) is 0 Å². The van der Waals surface area contributed by atoms with E-state index in [9.17, 15) is 0 Å². The van der Waals surface area contributed by atoms with Crippen LogP contribution in [0.15, 0.2) is 12.3 Å². The van der Waals surface area contributed by atoms with E-state index in [1.54, 1.807) is 0 Å². The summed E-state index contributed by atoms with van der Waals surface area (Å²) >= 11 is 4.19. The van der Waals surface area contributed by atoms with Crippen LogP contribution in [0.2, 0.25) is 0 Å². The van der Waals surface area contributed by atoms with Crippen LogP contribution in [0, 0.1) is 0 Å². The third-order valence-corrected chi connectivity index (χ3v) is 6.44. The van der Waals surface area contributed by atoms with Gasteiger partial charge in [-0.15, -0.1) is 0 Å². The minimum Gasteiger partial charge on any atom is -0.311 e. The van der Waals surface area contributed by atoms with Gasteiger partial charge in [0.15, 0.2) is 0 Å². The van der Waals surface area contributed by atoms with Gasteiger partial charge in [0.2, 0.25) is 0 Å². The fourth-order valence-electron chi connectivity index (χ4n) is 2.37. The van der Waals surface area contributed by atoms with Crippen molar-refractivity contribution in [3.05, 3.63) is 18.0 Å². The van der Waals surface area contributed by atoms with Gasteiger partial charge in [-0.2, -0.15) is 28.6 Å². The number of nitrogens with zero attached hydrogens (tertiary/aromatic N) is 2. The molecular formula is C12H21N3S2. The highest BCUT2D eigenvalue weighted by molar-refractivity contribution is 8.07. The lowest BCUT2D eigenvalue weighted by Gasteiger charge is -2.34. The molecule has 1 fully saturated rings. The second-order valence-electron chi connectivity index (χ2n) is 4.25. The first-order valence-corrected chi connectivity index (χ1v) is 8.29. The van der Waals surface area contributed by atoms with Crippen molar-refractivity contribution in [1.29, 1.82) is 0 Å². The Morgan fingerprint density at radius 1 is 1.53 bits per heavy atom. The molecule has 3 atom stereocenters. The average molecular weight is 271 g/mol. The largest absolute Gasteiger partial charge is 0.311 e. The Bertz CT molecular complexity index is 353. The molecule has 1 aliphatic rings. The van der Waals surface area contributed by atoms with E-state index in [1.807, 2.05) is 6.20 Å². The maximum Gasteiger partial charge on any atom is 0.0620 e. The Kier molecular flexibility index (Phi) is 4.82.